The molecular formula is C39H56N6O3. The highest BCUT2D eigenvalue weighted by atomic mass is 16.5. The topological polar surface area (TPSA) is 90.9 Å². The summed E-state index contributed by atoms with van der Waals surface area (Å²) in [6.07, 6.45) is 12.2. The van der Waals surface area contributed by atoms with Gasteiger partial charge in [-0.15, -0.1) is 0 Å². The van der Waals surface area contributed by atoms with Gasteiger partial charge in [-0.3, -0.25) is 9.59 Å². The van der Waals surface area contributed by atoms with E-state index in [9.17, 15) is 9.59 Å². The standard InChI is InChI=1S/C39H56N6O3/c1-8-32-37(47)44(7)33-21-40-38(42-36(33)45(32)28-11-9-10-12-28)41-31-14-13-29(30-20-39(4,5)48-35(30)31)34(46)17-23(2)24(3)26-18-25-15-16-43(6)22-27(25)19-26/h13-14,21,23-28,32H,8-12,15-20,22H2,1-7H3,(H,40,41,42). The average molecular weight is 657 g/mol. The first kappa shape index (κ1) is 33.3. The van der Waals surface area contributed by atoms with Crippen LogP contribution in [0.4, 0.5) is 23.1 Å². The number of ketones is 1. The number of rotatable bonds is 9. The highest BCUT2D eigenvalue weighted by Gasteiger charge is 2.43. The first-order chi connectivity index (χ1) is 22.9. The molecule has 2 aliphatic carbocycles. The van der Waals surface area contributed by atoms with E-state index in [-0.39, 0.29) is 17.7 Å². The molecule has 4 heterocycles. The number of benzene rings is 1. The van der Waals surface area contributed by atoms with Crippen LogP contribution in [-0.4, -0.2) is 71.4 Å². The summed E-state index contributed by atoms with van der Waals surface area (Å²) >= 11 is 0. The van der Waals surface area contributed by atoms with E-state index in [0.29, 0.717) is 42.6 Å². The highest BCUT2D eigenvalue weighted by Crippen LogP contribution is 2.48. The molecule has 3 aliphatic heterocycles. The van der Waals surface area contributed by atoms with Gasteiger partial charge < -0.3 is 24.8 Å². The van der Waals surface area contributed by atoms with Crippen molar-refractivity contribution in [2.24, 2.45) is 29.6 Å². The van der Waals surface area contributed by atoms with Gasteiger partial charge in [0.2, 0.25) is 11.9 Å². The number of hydrogen-bond donors (Lipinski definition) is 1. The van der Waals surface area contributed by atoms with Crippen molar-refractivity contribution in [3.8, 4) is 5.75 Å². The molecule has 1 aromatic heterocycles. The summed E-state index contributed by atoms with van der Waals surface area (Å²) in [6, 6.07) is 4.02. The van der Waals surface area contributed by atoms with Crippen LogP contribution in [0.2, 0.25) is 0 Å². The van der Waals surface area contributed by atoms with Gasteiger partial charge in [0.25, 0.3) is 0 Å². The van der Waals surface area contributed by atoms with Crippen molar-refractivity contribution in [3.05, 3.63) is 29.5 Å². The van der Waals surface area contributed by atoms with Crippen molar-refractivity contribution < 1.29 is 14.3 Å². The number of nitrogens with zero attached hydrogens (tertiary/aromatic N) is 5. The Morgan fingerprint density at radius 2 is 1.85 bits per heavy atom. The van der Waals surface area contributed by atoms with Gasteiger partial charge in [-0.05, 0) is 108 Å². The Kier molecular flexibility index (Phi) is 8.97. The second kappa shape index (κ2) is 12.9. The summed E-state index contributed by atoms with van der Waals surface area (Å²) in [6.45, 7) is 13.4. The third-order valence-corrected chi connectivity index (χ3v) is 12.7. The fourth-order valence-electron chi connectivity index (χ4n) is 9.78. The van der Waals surface area contributed by atoms with Crippen LogP contribution in [0.3, 0.4) is 0 Å². The summed E-state index contributed by atoms with van der Waals surface area (Å²) in [5.74, 6) is 5.57. The van der Waals surface area contributed by atoms with Crippen molar-refractivity contribution in [1.82, 2.24) is 14.9 Å². The molecule has 1 amide bonds. The van der Waals surface area contributed by atoms with Crippen molar-refractivity contribution in [3.63, 3.8) is 0 Å². The van der Waals surface area contributed by atoms with Crippen LogP contribution in [-0.2, 0) is 11.2 Å². The van der Waals surface area contributed by atoms with Gasteiger partial charge in [0.1, 0.15) is 23.1 Å². The molecule has 6 unspecified atom stereocenters. The lowest BCUT2D eigenvalue weighted by Crippen LogP contribution is -2.55. The zero-order chi connectivity index (χ0) is 33.9. The van der Waals surface area contributed by atoms with Crippen LogP contribution in [0.5, 0.6) is 5.75 Å². The molecule has 1 saturated heterocycles. The summed E-state index contributed by atoms with van der Waals surface area (Å²) in [4.78, 5) is 43.5. The number of anilines is 4. The lowest BCUT2D eigenvalue weighted by molar-refractivity contribution is -0.120. The predicted molar refractivity (Wildman–Crippen MR) is 191 cm³/mol. The molecular weight excluding hydrogens is 600 g/mol. The summed E-state index contributed by atoms with van der Waals surface area (Å²) in [7, 11) is 4.08. The smallest absolute Gasteiger partial charge is 0.249 e. The van der Waals surface area contributed by atoms with Gasteiger partial charge in [-0.25, -0.2) is 4.98 Å². The number of likely N-dealkylation sites (N-methyl/N-ethyl adjacent to an activating group) is 1. The second-order valence-corrected chi connectivity index (χ2v) is 16.5. The number of Topliss-reactive ketones (excluding diaryl/α,β-unsaturated/α-hetero) is 1. The maximum absolute atomic E-state index is 14.0. The number of fused-ring (bicyclic) bond motifs is 3. The van der Waals surface area contributed by atoms with Gasteiger partial charge in [0.15, 0.2) is 11.6 Å². The van der Waals surface area contributed by atoms with E-state index >= 15 is 0 Å². The molecule has 5 aliphatic rings. The highest BCUT2D eigenvalue weighted by molar-refractivity contribution is 6.04. The van der Waals surface area contributed by atoms with Crippen LogP contribution >= 0.6 is 0 Å². The van der Waals surface area contributed by atoms with E-state index in [4.69, 9.17) is 9.72 Å². The molecule has 0 bridgehead atoms. The van der Waals surface area contributed by atoms with E-state index in [2.05, 4.69) is 61.8 Å². The molecule has 0 spiro atoms. The molecule has 9 nitrogen and oxygen atoms in total. The second-order valence-electron chi connectivity index (χ2n) is 16.5. The number of piperidine rings is 1. The normalized spacial score (nSPS) is 28.1. The monoisotopic (exact) mass is 656 g/mol. The van der Waals surface area contributed by atoms with Gasteiger partial charge in [-0.2, -0.15) is 4.98 Å². The molecule has 1 N–H and O–H groups in total. The SMILES string of the molecule is CCC1C(=O)N(C)c2cnc(Nc3ccc(C(=O)CC(C)C(C)C4CC5CCN(C)CC5C4)c4c3OC(C)(C)C4)nc2N1C1CCCC1. The van der Waals surface area contributed by atoms with Crippen molar-refractivity contribution >= 4 is 34.8 Å². The molecule has 1 aromatic carbocycles. The zero-order valence-electron chi connectivity index (χ0n) is 30.2. The predicted octanol–water partition coefficient (Wildman–Crippen LogP) is 7.26. The van der Waals surface area contributed by atoms with E-state index in [0.717, 1.165) is 65.2 Å². The Morgan fingerprint density at radius 1 is 1.10 bits per heavy atom. The van der Waals surface area contributed by atoms with E-state index in [1.54, 1.807) is 11.1 Å². The molecule has 7 rings (SSSR count). The maximum atomic E-state index is 14.0. The number of carbonyl (C=O) groups is 2. The largest absolute Gasteiger partial charge is 0.485 e. The number of carbonyl (C=O) groups excluding carboxylic acids is 2. The molecule has 6 atom stereocenters. The minimum Gasteiger partial charge on any atom is -0.485 e. The van der Waals surface area contributed by atoms with Gasteiger partial charge in [0, 0.05) is 43.6 Å². The van der Waals surface area contributed by atoms with Gasteiger partial charge >= 0.3 is 0 Å². The Labute approximate surface area is 287 Å². The minimum absolute atomic E-state index is 0.104. The molecule has 260 valence electrons. The number of amides is 1. The van der Waals surface area contributed by atoms with E-state index in [1.165, 1.54) is 45.2 Å². The zero-order valence-corrected chi connectivity index (χ0v) is 30.2. The van der Waals surface area contributed by atoms with E-state index < -0.39 is 5.60 Å². The molecule has 2 saturated carbocycles. The number of ether oxygens (including phenoxy) is 1. The lowest BCUT2D eigenvalue weighted by Gasteiger charge is -2.43. The Morgan fingerprint density at radius 3 is 2.60 bits per heavy atom. The van der Waals surface area contributed by atoms with Crippen LogP contribution in [0.25, 0.3) is 0 Å². The first-order valence-corrected chi connectivity index (χ1v) is 18.7. The first-order valence-electron chi connectivity index (χ1n) is 18.7. The lowest BCUT2D eigenvalue weighted by atomic mass is 9.79. The third kappa shape index (κ3) is 6.09. The Bertz CT molecular complexity index is 1550. The minimum atomic E-state index is -0.422. The van der Waals surface area contributed by atoms with Crippen LogP contribution in [0, 0.1) is 29.6 Å². The Balaban J connectivity index is 1.11. The van der Waals surface area contributed by atoms with E-state index in [1.807, 2.05) is 19.2 Å². The summed E-state index contributed by atoms with van der Waals surface area (Å²) < 4.78 is 6.53. The van der Waals surface area contributed by atoms with Crippen LogP contribution in [0.1, 0.15) is 108 Å². The van der Waals surface area contributed by atoms with Gasteiger partial charge in [0.05, 0.1) is 11.9 Å². The van der Waals surface area contributed by atoms with Crippen molar-refractivity contribution in [2.45, 2.75) is 117 Å². The summed E-state index contributed by atoms with van der Waals surface area (Å²) in [5, 5.41) is 3.46. The molecule has 48 heavy (non-hydrogen) atoms. The number of nitrogens with one attached hydrogen (secondary N) is 1. The molecule has 3 fully saturated rings. The fraction of sp³-hybridized carbons (Fsp3) is 0.692. The van der Waals surface area contributed by atoms with Gasteiger partial charge in [-0.1, -0.05) is 33.6 Å². The quantitative estimate of drug-likeness (QED) is 0.282. The number of likely N-dealkylation sites (tertiary alicyclic amines) is 1. The summed E-state index contributed by atoms with van der Waals surface area (Å²) in [5.41, 5.74) is 2.86. The Hall–Kier alpha value is -3.20. The van der Waals surface area contributed by atoms with Crippen molar-refractivity contribution in [1.29, 1.82) is 0 Å². The molecule has 9 heteroatoms. The fourth-order valence-corrected chi connectivity index (χ4v) is 9.78. The maximum Gasteiger partial charge on any atom is 0.249 e. The average Bonchev–Trinajstić information content (AvgIpc) is 3.80. The number of aromatic nitrogens is 2. The van der Waals surface area contributed by atoms with Crippen LogP contribution in [0.15, 0.2) is 18.3 Å². The third-order valence-electron chi connectivity index (χ3n) is 12.7. The number of hydrogen-bond acceptors (Lipinski definition) is 8. The molecule has 2 aromatic rings. The van der Waals surface area contributed by atoms with Crippen LogP contribution < -0.4 is 19.9 Å². The van der Waals surface area contributed by atoms with Crippen molar-refractivity contribution in [2.75, 3.05) is 42.3 Å². The molecule has 0 radical (unpaired) electrons.